The Labute approximate surface area is 184 Å². The maximum atomic E-state index is 9.87. The van der Waals surface area contributed by atoms with E-state index in [-0.39, 0.29) is 0 Å². The molecule has 0 fully saturated rings. The van der Waals surface area contributed by atoms with Crippen LogP contribution in [0, 0.1) is 0 Å². The molecule has 174 valence electrons. The van der Waals surface area contributed by atoms with Gasteiger partial charge in [-0.2, -0.15) is 0 Å². The Hall–Kier alpha value is -2.58. The standard InChI is InChI=1S/C21H21N2OS.F6P/c1-22(2)14-7-9-16-18(12-14)24-19-13-15(23(3)4)8-10-17(19)21(16)20-6-5-11-25-20;1-7(2,3,4,5)6/h5-13H,1-4H3;/q+1;-1. The Kier molecular flexibility index (Phi) is 5.63. The second kappa shape index (κ2) is 7.49. The van der Waals surface area contributed by atoms with Crippen LogP contribution in [-0.2, 0) is 0 Å². The van der Waals surface area contributed by atoms with E-state index in [1.807, 2.05) is 28.2 Å². The zero-order valence-corrected chi connectivity index (χ0v) is 19.3. The molecule has 0 atom stereocenters. The van der Waals surface area contributed by atoms with E-state index in [1.54, 1.807) is 11.3 Å². The van der Waals surface area contributed by atoms with Gasteiger partial charge in [0.2, 0.25) is 5.36 Å². The third kappa shape index (κ3) is 6.46. The van der Waals surface area contributed by atoms with Crippen LogP contribution in [0.4, 0.5) is 30.9 Å². The van der Waals surface area contributed by atoms with E-state index < -0.39 is 7.81 Å². The number of benzene rings is 2. The Morgan fingerprint density at radius 2 is 1.56 bits per heavy atom. The Morgan fingerprint density at radius 3 is 2.09 bits per heavy atom. The van der Waals surface area contributed by atoms with Crippen molar-refractivity contribution in [1.82, 2.24) is 4.58 Å². The van der Waals surface area contributed by atoms with Crippen molar-refractivity contribution in [1.29, 1.82) is 0 Å². The maximum absolute atomic E-state index is 10.7. The molecule has 1 aromatic carbocycles. The summed E-state index contributed by atoms with van der Waals surface area (Å²) in [7, 11) is -2.46. The molecule has 0 bridgehead atoms. The first-order chi connectivity index (χ1) is 14.5. The van der Waals surface area contributed by atoms with E-state index in [0.29, 0.717) is 0 Å². The molecule has 4 rings (SSSR count). The van der Waals surface area contributed by atoms with E-state index in [9.17, 15) is 25.2 Å². The Morgan fingerprint density at radius 1 is 0.906 bits per heavy atom. The van der Waals surface area contributed by atoms with Gasteiger partial charge in [0.15, 0.2) is 0 Å². The number of thiophene rings is 1. The zero-order chi connectivity index (χ0) is 24.0. The molecule has 0 N–H and O–H groups in total. The molecular weight excluding hydrogens is 473 g/mol. The number of halogens is 6. The molecule has 1 aromatic heterocycles. The first-order valence-electron chi connectivity index (χ1n) is 9.28. The van der Waals surface area contributed by atoms with Crippen LogP contribution in [0.1, 0.15) is 0 Å². The van der Waals surface area contributed by atoms with E-state index >= 15 is 0 Å². The topological polar surface area (TPSA) is 19.4 Å². The average molecular weight is 494 g/mol. The molecule has 1 aliphatic carbocycles. The Balaban J connectivity index is 0.000000360. The molecule has 32 heavy (non-hydrogen) atoms. The molecular formula is C21H21F6N2OPS. The van der Waals surface area contributed by atoms with Crippen molar-refractivity contribution in [2.24, 2.45) is 0 Å². The summed E-state index contributed by atoms with van der Waals surface area (Å²) < 4.78 is 67.6. The quantitative estimate of drug-likeness (QED) is 0.123. The number of hydrogen-bond acceptors (Lipinski definition) is 3. The SMILES string of the molecule is CN(C)c1ccc2c(-c3cccs3)c3ccc(=[N+](C)C)cc-3oc2c1.F[P-](F)(F)(F)(F)F. The number of nitrogens with zero attached hydrogens (tertiary/aromatic N) is 2. The van der Waals surface area contributed by atoms with Gasteiger partial charge in [0.05, 0.1) is 6.07 Å². The fourth-order valence-corrected chi connectivity index (χ4v) is 3.91. The summed E-state index contributed by atoms with van der Waals surface area (Å²) in [4.78, 5) is 3.36. The molecule has 11 heteroatoms. The van der Waals surface area contributed by atoms with Gasteiger partial charge in [0.25, 0.3) is 0 Å². The summed E-state index contributed by atoms with van der Waals surface area (Å²) in [5.41, 5.74) is 4.45. The van der Waals surface area contributed by atoms with E-state index in [0.717, 1.165) is 33.3 Å². The van der Waals surface area contributed by atoms with Crippen molar-refractivity contribution < 1.29 is 29.6 Å². The van der Waals surface area contributed by atoms with Gasteiger partial charge in [-0.05, 0) is 29.6 Å². The number of anilines is 1. The molecule has 3 nitrogen and oxygen atoms in total. The van der Waals surface area contributed by atoms with Crippen LogP contribution in [0.25, 0.3) is 32.7 Å². The van der Waals surface area contributed by atoms with Crippen molar-refractivity contribution in [3.05, 3.63) is 59.3 Å². The summed E-state index contributed by atoms with van der Waals surface area (Å²) >= 11 is 1.76. The van der Waals surface area contributed by atoms with Gasteiger partial charge in [0.1, 0.15) is 25.4 Å². The first kappa shape index (κ1) is 24.1. The van der Waals surface area contributed by atoms with Crippen LogP contribution in [0.2, 0.25) is 0 Å². The van der Waals surface area contributed by atoms with Crippen LogP contribution in [0.15, 0.2) is 58.3 Å². The van der Waals surface area contributed by atoms with E-state index in [2.05, 4.69) is 63.4 Å². The number of fused-ring (bicyclic) bond motifs is 2. The Bertz CT molecular complexity index is 1300. The summed E-state index contributed by atoms with van der Waals surface area (Å²) in [5, 5.41) is 4.41. The summed E-state index contributed by atoms with van der Waals surface area (Å²) in [5.74, 6) is 0.915. The van der Waals surface area contributed by atoms with Crippen LogP contribution < -0.4 is 14.8 Å². The van der Waals surface area contributed by atoms with Gasteiger partial charge in [-0.3, -0.25) is 0 Å². The van der Waals surface area contributed by atoms with Crippen molar-refractivity contribution in [2.45, 2.75) is 0 Å². The van der Waals surface area contributed by atoms with Crippen LogP contribution in [-0.4, -0.2) is 28.2 Å². The van der Waals surface area contributed by atoms with Gasteiger partial charge in [-0.1, -0.05) is 6.07 Å². The molecule has 1 aliphatic heterocycles. The van der Waals surface area contributed by atoms with Gasteiger partial charge in [0, 0.05) is 53.3 Å². The molecule has 0 amide bonds. The predicted octanol–water partition coefficient (Wildman–Crippen LogP) is 7.75. The number of rotatable bonds is 2. The molecule has 0 unspecified atom stereocenters. The minimum atomic E-state index is -10.7. The molecule has 0 saturated heterocycles. The summed E-state index contributed by atoms with van der Waals surface area (Å²) in [6.45, 7) is 0. The first-order valence-corrected chi connectivity index (χ1v) is 12.2. The molecule has 2 heterocycles. The third-order valence-electron chi connectivity index (χ3n) is 4.49. The molecule has 0 spiro atoms. The van der Waals surface area contributed by atoms with Crippen molar-refractivity contribution in [3.8, 4) is 21.8 Å². The van der Waals surface area contributed by atoms with Gasteiger partial charge in [-0.25, -0.2) is 4.58 Å². The van der Waals surface area contributed by atoms with Crippen molar-refractivity contribution >= 4 is 35.8 Å². The summed E-state index contributed by atoms with van der Waals surface area (Å²) in [6.07, 6.45) is 0. The van der Waals surface area contributed by atoms with Gasteiger partial charge >= 0.3 is 33.0 Å². The van der Waals surface area contributed by atoms with Crippen molar-refractivity contribution in [3.63, 3.8) is 0 Å². The average Bonchev–Trinajstić information content (AvgIpc) is 3.16. The monoisotopic (exact) mass is 494 g/mol. The third-order valence-corrected chi connectivity index (χ3v) is 5.38. The van der Waals surface area contributed by atoms with Crippen LogP contribution in [0.3, 0.4) is 0 Å². The second-order valence-electron chi connectivity index (χ2n) is 7.56. The van der Waals surface area contributed by atoms with Crippen LogP contribution >= 0.6 is 19.1 Å². The second-order valence-corrected chi connectivity index (χ2v) is 10.4. The molecule has 2 aromatic rings. The molecule has 2 aliphatic rings. The number of hydrogen-bond donors (Lipinski definition) is 0. The fourth-order valence-electron chi connectivity index (χ4n) is 3.11. The minimum absolute atomic E-state index is 0.915. The predicted molar refractivity (Wildman–Crippen MR) is 121 cm³/mol. The fraction of sp³-hybridized carbons (Fsp3) is 0.190. The van der Waals surface area contributed by atoms with Gasteiger partial charge in [-0.15, -0.1) is 11.3 Å². The van der Waals surface area contributed by atoms with Gasteiger partial charge < -0.3 is 9.32 Å². The molecule has 0 saturated carbocycles. The van der Waals surface area contributed by atoms with E-state index in [4.69, 9.17) is 4.42 Å². The van der Waals surface area contributed by atoms with E-state index in [1.165, 1.54) is 10.4 Å². The molecule has 0 radical (unpaired) electrons. The zero-order valence-electron chi connectivity index (χ0n) is 17.6. The van der Waals surface area contributed by atoms with Crippen LogP contribution in [0.5, 0.6) is 0 Å². The summed E-state index contributed by atoms with van der Waals surface area (Å²) in [6, 6.07) is 17.2. The normalized spacial score (nSPS) is 13.8. The van der Waals surface area contributed by atoms with Crippen molar-refractivity contribution in [2.75, 3.05) is 33.1 Å².